The van der Waals surface area contributed by atoms with Gasteiger partial charge in [0.2, 0.25) is 0 Å². The second-order valence-corrected chi connectivity index (χ2v) is 5.08. The third-order valence-electron chi connectivity index (χ3n) is 2.70. The highest BCUT2D eigenvalue weighted by Gasteiger charge is 1.96. The van der Waals surface area contributed by atoms with E-state index in [1.165, 1.54) is 17.5 Å². The molecule has 0 saturated carbocycles. The molecule has 0 radical (unpaired) electrons. The molecule has 0 fully saturated rings. The summed E-state index contributed by atoms with van der Waals surface area (Å²) >= 11 is 0. The molecule has 0 spiro atoms. The molecule has 1 N–H and O–H groups in total. The molecule has 0 heterocycles. The fraction of sp³-hybridized carbons (Fsp3) is 0.600. The van der Waals surface area contributed by atoms with Crippen molar-refractivity contribution >= 4 is 0 Å². The average Bonchev–Trinajstić information content (AvgIpc) is 2.26. The molecule has 0 aliphatic rings. The number of aryl methyl sites for hydroxylation is 2. The molecule has 0 aliphatic carbocycles. The zero-order chi connectivity index (χ0) is 13.4. The molecule has 0 amide bonds. The van der Waals surface area contributed by atoms with Gasteiger partial charge in [0.05, 0.1) is 0 Å². The lowest BCUT2D eigenvalue weighted by molar-refractivity contribution is 0.311. The SMILES string of the molecule is Cc1cc(C)cc(OCCNCCCN(C)C)c1. The lowest BCUT2D eigenvalue weighted by Gasteiger charge is -2.11. The van der Waals surface area contributed by atoms with E-state index in [4.69, 9.17) is 4.74 Å². The van der Waals surface area contributed by atoms with Gasteiger partial charge in [0.25, 0.3) is 0 Å². The van der Waals surface area contributed by atoms with E-state index in [1.54, 1.807) is 0 Å². The van der Waals surface area contributed by atoms with Crippen molar-refractivity contribution in [2.24, 2.45) is 0 Å². The van der Waals surface area contributed by atoms with Gasteiger partial charge in [-0.15, -0.1) is 0 Å². The Morgan fingerprint density at radius 2 is 1.72 bits per heavy atom. The summed E-state index contributed by atoms with van der Waals surface area (Å²) in [5, 5.41) is 3.39. The Morgan fingerprint density at radius 3 is 2.33 bits per heavy atom. The first kappa shape index (κ1) is 15.0. The molecule has 0 unspecified atom stereocenters. The van der Waals surface area contributed by atoms with Gasteiger partial charge in [0.1, 0.15) is 12.4 Å². The minimum absolute atomic E-state index is 0.727. The quantitative estimate of drug-likeness (QED) is 0.716. The number of ether oxygens (including phenoxy) is 1. The number of rotatable bonds is 8. The van der Waals surface area contributed by atoms with Gasteiger partial charge in [-0.2, -0.15) is 0 Å². The van der Waals surface area contributed by atoms with Crippen LogP contribution >= 0.6 is 0 Å². The summed E-state index contributed by atoms with van der Waals surface area (Å²) < 4.78 is 5.72. The molecule has 0 bridgehead atoms. The zero-order valence-corrected chi connectivity index (χ0v) is 12.1. The van der Waals surface area contributed by atoms with Crippen LogP contribution < -0.4 is 10.1 Å². The lowest BCUT2D eigenvalue weighted by atomic mass is 10.1. The molecule has 1 aromatic rings. The third kappa shape index (κ3) is 6.62. The Hall–Kier alpha value is -1.06. The molecule has 0 aromatic heterocycles. The number of hydrogen-bond acceptors (Lipinski definition) is 3. The molecule has 0 saturated heterocycles. The number of benzene rings is 1. The molecule has 0 atom stereocenters. The van der Waals surface area contributed by atoms with Crippen LogP contribution in [0, 0.1) is 13.8 Å². The highest BCUT2D eigenvalue weighted by molar-refractivity contribution is 5.32. The molecule has 0 aliphatic heterocycles. The second kappa shape index (κ2) is 8.11. The van der Waals surface area contributed by atoms with Gasteiger partial charge in [-0.05, 0) is 70.7 Å². The Kier molecular flexibility index (Phi) is 6.76. The lowest BCUT2D eigenvalue weighted by Crippen LogP contribution is -2.25. The molecule has 3 nitrogen and oxygen atoms in total. The van der Waals surface area contributed by atoms with Crippen molar-refractivity contribution in [2.45, 2.75) is 20.3 Å². The smallest absolute Gasteiger partial charge is 0.119 e. The summed E-state index contributed by atoms with van der Waals surface area (Å²) in [6, 6.07) is 6.32. The van der Waals surface area contributed by atoms with Crippen LogP contribution in [0.1, 0.15) is 17.5 Å². The number of hydrogen-bond donors (Lipinski definition) is 1. The van der Waals surface area contributed by atoms with Gasteiger partial charge >= 0.3 is 0 Å². The van der Waals surface area contributed by atoms with Gasteiger partial charge in [-0.1, -0.05) is 6.07 Å². The maximum Gasteiger partial charge on any atom is 0.119 e. The molecule has 1 aromatic carbocycles. The van der Waals surface area contributed by atoms with Crippen LogP contribution in [0.25, 0.3) is 0 Å². The van der Waals surface area contributed by atoms with Crippen molar-refractivity contribution < 1.29 is 4.74 Å². The summed E-state index contributed by atoms with van der Waals surface area (Å²) in [5.41, 5.74) is 2.51. The second-order valence-electron chi connectivity index (χ2n) is 5.08. The Balaban J connectivity index is 2.10. The standard InChI is InChI=1S/C15H26N2O/c1-13-10-14(2)12-15(11-13)18-9-7-16-6-5-8-17(3)4/h10-12,16H,5-9H2,1-4H3. The minimum atomic E-state index is 0.727. The van der Waals surface area contributed by atoms with Gasteiger partial charge in [-0.25, -0.2) is 0 Å². The summed E-state index contributed by atoms with van der Waals surface area (Å²) in [6.45, 7) is 8.00. The summed E-state index contributed by atoms with van der Waals surface area (Å²) in [6.07, 6.45) is 1.18. The van der Waals surface area contributed by atoms with Gasteiger partial charge in [0, 0.05) is 6.54 Å². The van der Waals surface area contributed by atoms with E-state index in [2.05, 4.69) is 56.4 Å². The predicted octanol–water partition coefficient (Wildman–Crippen LogP) is 2.22. The monoisotopic (exact) mass is 250 g/mol. The number of nitrogens with zero attached hydrogens (tertiary/aromatic N) is 1. The van der Waals surface area contributed by atoms with E-state index in [9.17, 15) is 0 Å². The molecular formula is C15H26N2O. The van der Waals surface area contributed by atoms with Crippen molar-refractivity contribution in [1.82, 2.24) is 10.2 Å². The van der Waals surface area contributed by atoms with E-state index < -0.39 is 0 Å². The zero-order valence-electron chi connectivity index (χ0n) is 12.1. The van der Waals surface area contributed by atoms with Crippen LogP contribution in [0.2, 0.25) is 0 Å². The first-order chi connectivity index (χ1) is 8.58. The number of nitrogens with one attached hydrogen (secondary N) is 1. The Morgan fingerprint density at radius 1 is 1.06 bits per heavy atom. The fourth-order valence-corrected chi connectivity index (χ4v) is 1.90. The van der Waals surface area contributed by atoms with Crippen molar-refractivity contribution in [3.63, 3.8) is 0 Å². The van der Waals surface area contributed by atoms with Gasteiger partial charge < -0.3 is 15.0 Å². The third-order valence-corrected chi connectivity index (χ3v) is 2.70. The van der Waals surface area contributed by atoms with E-state index in [0.29, 0.717) is 0 Å². The molecular weight excluding hydrogens is 224 g/mol. The molecule has 102 valence electrons. The van der Waals surface area contributed by atoms with Crippen molar-refractivity contribution in [3.05, 3.63) is 29.3 Å². The van der Waals surface area contributed by atoms with Crippen molar-refractivity contribution in [1.29, 1.82) is 0 Å². The maximum absolute atomic E-state index is 5.72. The first-order valence-corrected chi connectivity index (χ1v) is 6.64. The van der Waals surface area contributed by atoms with E-state index in [-0.39, 0.29) is 0 Å². The van der Waals surface area contributed by atoms with Crippen LogP contribution in [0.5, 0.6) is 5.75 Å². The summed E-state index contributed by atoms with van der Waals surface area (Å²) in [7, 11) is 4.20. The maximum atomic E-state index is 5.72. The fourth-order valence-electron chi connectivity index (χ4n) is 1.90. The van der Waals surface area contributed by atoms with Crippen molar-refractivity contribution in [2.75, 3.05) is 40.3 Å². The molecule has 3 heteroatoms. The van der Waals surface area contributed by atoms with E-state index in [1.807, 2.05) is 0 Å². The van der Waals surface area contributed by atoms with Crippen LogP contribution in [0.15, 0.2) is 18.2 Å². The highest BCUT2D eigenvalue weighted by atomic mass is 16.5. The normalized spacial score (nSPS) is 10.9. The summed E-state index contributed by atoms with van der Waals surface area (Å²) in [5.74, 6) is 0.975. The van der Waals surface area contributed by atoms with Gasteiger partial charge in [0.15, 0.2) is 0 Å². The van der Waals surface area contributed by atoms with Gasteiger partial charge in [-0.3, -0.25) is 0 Å². The van der Waals surface area contributed by atoms with Crippen molar-refractivity contribution in [3.8, 4) is 5.75 Å². The van der Waals surface area contributed by atoms with E-state index in [0.717, 1.165) is 32.0 Å². The van der Waals surface area contributed by atoms with E-state index >= 15 is 0 Å². The molecule has 1 rings (SSSR count). The minimum Gasteiger partial charge on any atom is -0.492 e. The first-order valence-electron chi connectivity index (χ1n) is 6.64. The predicted molar refractivity (Wildman–Crippen MR) is 77.5 cm³/mol. The summed E-state index contributed by atoms with van der Waals surface area (Å²) in [4.78, 5) is 2.20. The van der Waals surface area contributed by atoms with Crippen LogP contribution in [-0.4, -0.2) is 45.2 Å². The Bertz CT molecular complexity index is 330. The average molecular weight is 250 g/mol. The van der Waals surface area contributed by atoms with Crippen LogP contribution in [-0.2, 0) is 0 Å². The topological polar surface area (TPSA) is 24.5 Å². The Labute approximate surface area is 111 Å². The largest absolute Gasteiger partial charge is 0.492 e. The van der Waals surface area contributed by atoms with Crippen LogP contribution in [0.3, 0.4) is 0 Å². The van der Waals surface area contributed by atoms with Crippen LogP contribution in [0.4, 0.5) is 0 Å². The molecule has 18 heavy (non-hydrogen) atoms. The highest BCUT2D eigenvalue weighted by Crippen LogP contribution is 2.15.